The van der Waals surface area contributed by atoms with E-state index in [4.69, 9.17) is 9.47 Å². The molecular weight excluding hydrogens is 318 g/mol. The van der Waals surface area contributed by atoms with E-state index in [1.54, 1.807) is 0 Å². The first-order valence-electron chi connectivity index (χ1n) is 8.57. The molecule has 0 spiro atoms. The van der Waals surface area contributed by atoms with E-state index >= 15 is 0 Å². The van der Waals surface area contributed by atoms with Gasteiger partial charge in [0.2, 0.25) is 0 Å². The molecule has 0 bridgehead atoms. The number of aromatic nitrogens is 1. The van der Waals surface area contributed by atoms with Crippen LogP contribution in [0.1, 0.15) is 15.9 Å². The summed E-state index contributed by atoms with van der Waals surface area (Å²) in [5.41, 5.74) is 2.94. The SMILES string of the molecule is Cc1cnccc1N1CCN(C(=O)c2cccc3c2OCCO3)CC1. The summed E-state index contributed by atoms with van der Waals surface area (Å²) >= 11 is 0. The van der Waals surface area contributed by atoms with Gasteiger partial charge in [-0.1, -0.05) is 6.07 Å². The van der Waals surface area contributed by atoms with Crippen molar-refractivity contribution in [2.24, 2.45) is 0 Å². The highest BCUT2D eigenvalue weighted by molar-refractivity contribution is 5.98. The maximum absolute atomic E-state index is 12.9. The fourth-order valence-electron chi connectivity index (χ4n) is 3.38. The van der Waals surface area contributed by atoms with Crippen LogP contribution in [0.25, 0.3) is 0 Å². The zero-order valence-corrected chi connectivity index (χ0v) is 14.3. The first kappa shape index (κ1) is 15.7. The van der Waals surface area contributed by atoms with Crippen LogP contribution in [0, 0.1) is 6.92 Å². The Balaban J connectivity index is 1.48. The topological polar surface area (TPSA) is 54.9 Å². The molecule has 1 fully saturated rings. The molecule has 6 nitrogen and oxygen atoms in total. The van der Waals surface area contributed by atoms with Gasteiger partial charge in [0.15, 0.2) is 11.5 Å². The lowest BCUT2D eigenvalue weighted by Crippen LogP contribution is -2.49. The molecule has 25 heavy (non-hydrogen) atoms. The van der Waals surface area contributed by atoms with Crippen molar-refractivity contribution < 1.29 is 14.3 Å². The first-order valence-corrected chi connectivity index (χ1v) is 8.57. The molecule has 0 unspecified atom stereocenters. The number of carbonyl (C=O) groups excluding carboxylic acids is 1. The minimum atomic E-state index is 0.00782. The van der Waals surface area contributed by atoms with E-state index in [0.29, 0.717) is 43.4 Å². The number of para-hydroxylation sites is 1. The second-order valence-electron chi connectivity index (χ2n) is 6.27. The number of rotatable bonds is 2. The number of piperazine rings is 1. The number of benzene rings is 1. The van der Waals surface area contributed by atoms with Crippen molar-refractivity contribution in [1.29, 1.82) is 0 Å². The fraction of sp³-hybridized carbons (Fsp3) is 0.368. The third-order valence-electron chi connectivity index (χ3n) is 4.69. The summed E-state index contributed by atoms with van der Waals surface area (Å²) in [6, 6.07) is 7.54. The Kier molecular flexibility index (Phi) is 4.17. The molecule has 1 saturated heterocycles. The second kappa shape index (κ2) is 6.63. The molecule has 0 saturated carbocycles. The molecule has 1 aromatic carbocycles. The number of hydrogen-bond donors (Lipinski definition) is 0. The Bertz CT molecular complexity index is 785. The van der Waals surface area contributed by atoms with Gasteiger partial charge in [-0.3, -0.25) is 9.78 Å². The predicted molar refractivity (Wildman–Crippen MR) is 94.5 cm³/mol. The summed E-state index contributed by atoms with van der Waals surface area (Å²) in [4.78, 5) is 21.3. The fourth-order valence-corrected chi connectivity index (χ4v) is 3.38. The largest absolute Gasteiger partial charge is 0.486 e. The van der Waals surface area contributed by atoms with Crippen LogP contribution in [0.2, 0.25) is 0 Å². The van der Waals surface area contributed by atoms with E-state index in [-0.39, 0.29) is 5.91 Å². The summed E-state index contributed by atoms with van der Waals surface area (Å²) in [5.74, 6) is 1.24. The highest BCUT2D eigenvalue weighted by Crippen LogP contribution is 2.34. The monoisotopic (exact) mass is 339 g/mol. The summed E-state index contributed by atoms with van der Waals surface area (Å²) in [6.07, 6.45) is 3.69. The van der Waals surface area contributed by atoms with Gasteiger partial charge >= 0.3 is 0 Å². The summed E-state index contributed by atoms with van der Waals surface area (Å²) in [6.45, 7) is 6.05. The molecule has 0 radical (unpaired) electrons. The zero-order valence-electron chi connectivity index (χ0n) is 14.3. The third-order valence-corrected chi connectivity index (χ3v) is 4.69. The molecule has 6 heteroatoms. The zero-order chi connectivity index (χ0) is 17.2. The average Bonchev–Trinajstić information content (AvgIpc) is 2.67. The molecule has 0 atom stereocenters. The smallest absolute Gasteiger partial charge is 0.257 e. The number of hydrogen-bond acceptors (Lipinski definition) is 5. The van der Waals surface area contributed by atoms with Gasteiger partial charge in [0.1, 0.15) is 13.2 Å². The van der Waals surface area contributed by atoms with Crippen LogP contribution < -0.4 is 14.4 Å². The summed E-state index contributed by atoms with van der Waals surface area (Å²) < 4.78 is 11.3. The van der Waals surface area contributed by atoms with E-state index in [1.807, 2.05) is 41.6 Å². The number of fused-ring (bicyclic) bond motifs is 1. The molecule has 4 rings (SSSR count). The molecule has 3 heterocycles. The number of carbonyl (C=O) groups is 1. The van der Waals surface area contributed by atoms with Gasteiger partial charge in [-0.15, -0.1) is 0 Å². The number of nitrogens with zero attached hydrogens (tertiary/aromatic N) is 3. The molecule has 2 aliphatic heterocycles. The van der Waals surface area contributed by atoms with Crippen molar-refractivity contribution >= 4 is 11.6 Å². The van der Waals surface area contributed by atoms with Crippen molar-refractivity contribution in [2.45, 2.75) is 6.92 Å². The van der Waals surface area contributed by atoms with E-state index in [1.165, 1.54) is 5.69 Å². The van der Waals surface area contributed by atoms with Crippen LogP contribution in [0.3, 0.4) is 0 Å². The van der Waals surface area contributed by atoms with Gasteiger partial charge in [0.05, 0.1) is 5.56 Å². The molecule has 130 valence electrons. The second-order valence-corrected chi connectivity index (χ2v) is 6.27. The lowest BCUT2D eigenvalue weighted by Gasteiger charge is -2.37. The molecule has 0 aliphatic carbocycles. The van der Waals surface area contributed by atoms with Crippen molar-refractivity contribution in [3.8, 4) is 11.5 Å². The number of anilines is 1. The maximum Gasteiger partial charge on any atom is 0.257 e. The predicted octanol–water partition coefficient (Wildman–Crippen LogP) is 2.12. The van der Waals surface area contributed by atoms with Gasteiger partial charge < -0.3 is 19.3 Å². The average molecular weight is 339 g/mol. The summed E-state index contributed by atoms with van der Waals surface area (Å²) in [5, 5.41) is 0. The van der Waals surface area contributed by atoms with E-state index in [9.17, 15) is 4.79 Å². The van der Waals surface area contributed by atoms with Crippen LogP contribution in [0.15, 0.2) is 36.7 Å². The van der Waals surface area contributed by atoms with Crippen LogP contribution in [0.5, 0.6) is 11.5 Å². The van der Waals surface area contributed by atoms with Crippen LogP contribution in [0.4, 0.5) is 5.69 Å². The highest BCUT2D eigenvalue weighted by Gasteiger charge is 2.27. The number of pyridine rings is 1. The molecular formula is C19H21N3O3. The molecule has 2 aromatic rings. The Labute approximate surface area is 147 Å². The quantitative estimate of drug-likeness (QED) is 0.839. The normalized spacial score (nSPS) is 16.7. The number of ether oxygens (including phenoxy) is 2. The van der Waals surface area contributed by atoms with Gasteiger partial charge in [0.25, 0.3) is 5.91 Å². The molecule has 1 amide bonds. The van der Waals surface area contributed by atoms with Gasteiger partial charge in [-0.05, 0) is 30.7 Å². The van der Waals surface area contributed by atoms with Crippen molar-refractivity contribution in [1.82, 2.24) is 9.88 Å². The Morgan fingerprint density at radius 1 is 1.08 bits per heavy atom. The van der Waals surface area contributed by atoms with Crippen LogP contribution in [-0.4, -0.2) is 55.2 Å². The molecule has 0 N–H and O–H groups in total. The lowest BCUT2D eigenvalue weighted by molar-refractivity contribution is 0.0736. The van der Waals surface area contributed by atoms with Crippen molar-refractivity contribution in [2.75, 3.05) is 44.3 Å². The van der Waals surface area contributed by atoms with Gasteiger partial charge in [-0.25, -0.2) is 0 Å². The minimum absolute atomic E-state index is 0.00782. The lowest BCUT2D eigenvalue weighted by atomic mass is 10.1. The van der Waals surface area contributed by atoms with E-state index in [2.05, 4.69) is 16.8 Å². The minimum Gasteiger partial charge on any atom is -0.486 e. The third kappa shape index (κ3) is 2.99. The van der Waals surface area contributed by atoms with Crippen LogP contribution in [-0.2, 0) is 0 Å². The maximum atomic E-state index is 12.9. The highest BCUT2D eigenvalue weighted by atomic mass is 16.6. The molecule has 2 aliphatic rings. The van der Waals surface area contributed by atoms with Gasteiger partial charge in [-0.2, -0.15) is 0 Å². The van der Waals surface area contributed by atoms with Crippen LogP contribution >= 0.6 is 0 Å². The van der Waals surface area contributed by atoms with E-state index in [0.717, 1.165) is 18.7 Å². The Hall–Kier alpha value is -2.76. The number of aryl methyl sites for hydroxylation is 1. The Morgan fingerprint density at radius 3 is 2.68 bits per heavy atom. The van der Waals surface area contributed by atoms with Gasteiger partial charge in [0, 0.05) is 44.3 Å². The Morgan fingerprint density at radius 2 is 1.88 bits per heavy atom. The standard InChI is InChI=1S/C19H21N3O3/c1-14-13-20-6-5-16(14)21-7-9-22(10-8-21)19(23)15-3-2-4-17-18(15)25-12-11-24-17/h2-6,13H,7-12H2,1H3. The number of amides is 1. The molecule has 1 aromatic heterocycles. The first-order chi connectivity index (χ1) is 12.2. The van der Waals surface area contributed by atoms with E-state index < -0.39 is 0 Å². The van der Waals surface area contributed by atoms with Crippen molar-refractivity contribution in [3.63, 3.8) is 0 Å². The summed E-state index contributed by atoms with van der Waals surface area (Å²) in [7, 11) is 0. The van der Waals surface area contributed by atoms with Crippen molar-refractivity contribution in [3.05, 3.63) is 47.8 Å².